The molecule has 0 aliphatic carbocycles. The lowest BCUT2D eigenvalue weighted by molar-refractivity contribution is 0.771. The van der Waals surface area contributed by atoms with Crippen molar-refractivity contribution in [1.82, 2.24) is 14.8 Å². The number of rotatable bonds is 4. The van der Waals surface area contributed by atoms with E-state index >= 15 is 0 Å². The van der Waals surface area contributed by atoms with E-state index in [-0.39, 0.29) is 0 Å². The zero-order chi connectivity index (χ0) is 11.5. The van der Waals surface area contributed by atoms with E-state index in [1.165, 1.54) is 11.3 Å². The topological polar surface area (TPSA) is 42.7 Å². The van der Waals surface area contributed by atoms with Crippen LogP contribution in [-0.2, 0) is 6.54 Å². The smallest absolute Gasteiger partial charge is 0.224 e. The molecule has 0 saturated heterocycles. The molecule has 0 amide bonds. The maximum Gasteiger partial charge on any atom is 0.224 e. The van der Waals surface area contributed by atoms with E-state index in [4.69, 9.17) is 11.6 Å². The van der Waals surface area contributed by atoms with E-state index < -0.39 is 0 Å². The first kappa shape index (κ1) is 11.4. The Balaban J connectivity index is 2.41. The van der Waals surface area contributed by atoms with Gasteiger partial charge in [-0.15, -0.1) is 21.5 Å². The fourth-order valence-corrected chi connectivity index (χ4v) is 2.55. The van der Waals surface area contributed by atoms with Crippen molar-refractivity contribution in [2.45, 2.75) is 20.4 Å². The van der Waals surface area contributed by atoms with Crippen LogP contribution >= 0.6 is 22.9 Å². The molecule has 0 aliphatic heterocycles. The largest absolute Gasteiger partial charge is 0.355 e. The number of nitrogens with one attached hydrogen (secondary N) is 1. The monoisotopic (exact) mass is 256 g/mol. The molecule has 2 aromatic heterocycles. The molecule has 0 aromatic carbocycles. The van der Waals surface area contributed by atoms with Gasteiger partial charge in [-0.1, -0.05) is 11.6 Å². The SMILES string of the molecule is CCNc1nnc(-c2ccc(Cl)s2)n1CC. The van der Waals surface area contributed by atoms with Crippen LogP contribution in [0.3, 0.4) is 0 Å². The van der Waals surface area contributed by atoms with E-state index in [2.05, 4.69) is 22.4 Å². The summed E-state index contributed by atoms with van der Waals surface area (Å²) in [5, 5.41) is 11.5. The second-order valence-electron chi connectivity index (χ2n) is 3.23. The van der Waals surface area contributed by atoms with E-state index in [9.17, 15) is 0 Å². The molecule has 0 unspecified atom stereocenters. The molecule has 2 heterocycles. The van der Waals surface area contributed by atoms with Crippen LogP contribution in [0.25, 0.3) is 10.7 Å². The average molecular weight is 257 g/mol. The molecule has 2 aromatic rings. The van der Waals surface area contributed by atoms with Crippen LogP contribution in [0.15, 0.2) is 12.1 Å². The average Bonchev–Trinajstić information content (AvgIpc) is 2.85. The molecule has 0 fully saturated rings. The maximum absolute atomic E-state index is 5.92. The van der Waals surface area contributed by atoms with Gasteiger partial charge < -0.3 is 5.32 Å². The predicted molar refractivity (Wildman–Crippen MR) is 68.2 cm³/mol. The van der Waals surface area contributed by atoms with Crippen LogP contribution in [0, 0.1) is 0 Å². The molecule has 6 heteroatoms. The second-order valence-corrected chi connectivity index (χ2v) is 4.94. The standard InChI is InChI=1S/C10H13ClN4S/c1-3-12-10-14-13-9(15(10)4-2)7-5-6-8(11)16-7/h5-6H,3-4H2,1-2H3,(H,12,14). The van der Waals surface area contributed by atoms with E-state index in [1.807, 2.05) is 23.6 Å². The Morgan fingerprint density at radius 1 is 1.38 bits per heavy atom. The highest BCUT2D eigenvalue weighted by Gasteiger charge is 2.13. The summed E-state index contributed by atoms with van der Waals surface area (Å²) in [6.07, 6.45) is 0. The Morgan fingerprint density at radius 3 is 2.75 bits per heavy atom. The Kier molecular flexibility index (Phi) is 3.46. The fraction of sp³-hybridized carbons (Fsp3) is 0.400. The first-order chi connectivity index (χ1) is 7.76. The molecule has 2 rings (SSSR count). The minimum absolute atomic E-state index is 0.769. The molecule has 86 valence electrons. The van der Waals surface area contributed by atoms with Gasteiger partial charge in [0.05, 0.1) is 9.21 Å². The summed E-state index contributed by atoms with van der Waals surface area (Å²) in [5.41, 5.74) is 0. The summed E-state index contributed by atoms with van der Waals surface area (Å²) in [4.78, 5) is 1.04. The van der Waals surface area contributed by atoms with Gasteiger partial charge in [0.15, 0.2) is 5.82 Å². The number of thiophene rings is 1. The highest BCUT2D eigenvalue weighted by molar-refractivity contribution is 7.19. The van der Waals surface area contributed by atoms with Crippen molar-refractivity contribution < 1.29 is 0 Å². The van der Waals surface area contributed by atoms with Crippen LogP contribution in [-0.4, -0.2) is 21.3 Å². The minimum atomic E-state index is 0.769. The summed E-state index contributed by atoms with van der Waals surface area (Å²) < 4.78 is 2.82. The molecule has 16 heavy (non-hydrogen) atoms. The molecular formula is C10H13ClN4S. The predicted octanol–water partition coefficient (Wildman–Crippen LogP) is 3.11. The van der Waals surface area contributed by atoms with Crippen LogP contribution in [0.5, 0.6) is 0 Å². The Hall–Kier alpha value is -1.07. The van der Waals surface area contributed by atoms with Crippen molar-refractivity contribution in [2.24, 2.45) is 0 Å². The Morgan fingerprint density at radius 2 is 2.19 bits per heavy atom. The van der Waals surface area contributed by atoms with Gasteiger partial charge in [0.1, 0.15) is 0 Å². The van der Waals surface area contributed by atoms with Crippen molar-refractivity contribution in [3.05, 3.63) is 16.5 Å². The molecule has 4 nitrogen and oxygen atoms in total. The normalized spacial score (nSPS) is 10.7. The van der Waals surface area contributed by atoms with Gasteiger partial charge in [-0.25, -0.2) is 0 Å². The number of hydrogen-bond donors (Lipinski definition) is 1. The van der Waals surface area contributed by atoms with Gasteiger partial charge in [0, 0.05) is 13.1 Å². The lowest BCUT2D eigenvalue weighted by Gasteiger charge is -2.06. The molecule has 0 bridgehead atoms. The molecule has 0 radical (unpaired) electrons. The van der Waals surface area contributed by atoms with Gasteiger partial charge in [-0.05, 0) is 26.0 Å². The lowest BCUT2D eigenvalue weighted by Crippen LogP contribution is -2.06. The van der Waals surface area contributed by atoms with E-state index in [1.54, 1.807) is 0 Å². The van der Waals surface area contributed by atoms with Crippen LogP contribution in [0.2, 0.25) is 4.34 Å². The summed E-state index contributed by atoms with van der Waals surface area (Å²) in [7, 11) is 0. The van der Waals surface area contributed by atoms with Gasteiger partial charge in [-0.3, -0.25) is 4.57 Å². The Bertz CT molecular complexity index is 477. The third-order valence-electron chi connectivity index (χ3n) is 2.20. The summed E-state index contributed by atoms with van der Waals surface area (Å²) >= 11 is 7.44. The quantitative estimate of drug-likeness (QED) is 0.914. The molecule has 1 N–H and O–H groups in total. The van der Waals surface area contributed by atoms with E-state index in [0.717, 1.165) is 34.1 Å². The van der Waals surface area contributed by atoms with Crippen molar-refractivity contribution >= 4 is 28.9 Å². The number of halogens is 1. The molecule has 0 atom stereocenters. The maximum atomic E-state index is 5.92. The first-order valence-electron chi connectivity index (χ1n) is 5.19. The zero-order valence-electron chi connectivity index (χ0n) is 9.20. The van der Waals surface area contributed by atoms with Gasteiger partial charge in [-0.2, -0.15) is 0 Å². The molecule has 0 spiro atoms. The molecular weight excluding hydrogens is 244 g/mol. The third kappa shape index (κ3) is 2.05. The van der Waals surface area contributed by atoms with Crippen LogP contribution < -0.4 is 5.32 Å². The highest BCUT2D eigenvalue weighted by Crippen LogP contribution is 2.30. The van der Waals surface area contributed by atoms with Crippen molar-refractivity contribution in [1.29, 1.82) is 0 Å². The minimum Gasteiger partial charge on any atom is -0.355 e. The van der Waals surface area contributed by atoms with Crippen molar-refractivity contribution in [3.8, 4) is 10.7 Å². The van der Waals surface area contributed by atoms with Gasteiger partial charge in [0.25, 0.3) is 0 Å². The summed E-state index contributed by atoms with van der Waals surface area (Å²) in [6, 6.07) is 3.85. The summed E-state index contributed by atoms with van der Waals surface area (Å²) in [6.45, 7) is 5.78. The number of aromatic nitrogens is 3. The summed E-state index contributed by atoms with van der Waals surface area (Å²) in [5.74, 6) is 1.68. The second kappa shape index (κ2) is 4.84. The van der Waals surface area contributed by atoms with Crippen LogP contribution in [0.1, 0.15) is 13.8 Å². The van der Waals surface area contributed by atoms with Gasteiger partial charge in [0.2, 0.25) is 5.95 Å². The fourth-order valence-electron chi connectivity index (χ4n) is 1.51. The molecule has 0 saturated carbocycles. The molecule has 0 aliphatic rings. The number of hydrogen-bond acceptors (Lipinski definition) is 4. The van der Waals surface area contributed by atoms with Crippen molar-refractivity contribution in [2.75, 3.05) is 11.9 Å². The third-order valence-corrected chi connectivity index (χ3v) is 3.42. The Labute approximate surface area is 103 Å². The van der Waals surface area contributed by atoms with Gasteiger partial charge >= 0.3 is 0 Å². The first-order valence-corrected chi connectivity index (χ1v) is 6.38. The highest BCUT2D eigenvalue weighted by atomic mass is 35.5. The number of nitrogens with zero attached hydrogens (tertiary/aromatic N) is 3. The van der Waals surface area contributed by atoms with Crippen LogP contribution in [0.4, 0.5) is 5.95 Å². The lowest BCUT2D eigenvalue weighted by atomic mass is 10.4. The van der Waals surface area contributed by atoms with Crippen molar-refractivity contribution in [3.63, 3.8) is 0 Å². The number of anilines is 1. The van der Waals surface area contributed by atoms with E-state index in [0.29, 0.717) is 0 Å². The zero-order valence-corrected chi connectivity index (χ0v) is 10.8.